The van der Waals surface area contributed by atoms with Crippen molar-refractivity contribution in [3.8, 4) is 5.75 Å². The van der Waals surface area contributed by atoms with Crippen LogP contribution in [-0.2, 0) is 16.6 Å². The Hall–Kier alpha value is -1.54. The van der Waals surface area contributed by atoms with Crippen molar-refractivity contribution < 1.29 is 13.2 Å². The summed E-state index contributed by atoms with van der Waals surface area (Å²) in [5.41, 5.74) is 7.87. The standard InChI is InChI=1S/C17H17BrN2O3S.ClH/c1-11-3-5-14(6-4-11)24(21,22)20-13(10-19)7-12-8-17(23-2)15(18)9-16(12)20;/h3-9H,10,19H2,1-2H3;1H. The molecule has 0 bridgehead atoms. The van der Waals surface area contributed by atoms with Gasteiger partial charge in [0, 0.05) is 17.6 Å². The number of nitrogens with two attached hydrogens (primary N) is 1. The lowest BCUT2D eigenvalue weighted by Gasteiger charge is -2.12. The first-order valence-electron chi connectivity index (χ1n) is 7.28. The van der Waals surface area contributed by atoms with E-state index in [1.54, 1.807) is 49.6 Å². The molecule has 0 spiro atoms. The summed E-state index contributed by atoms with van der Waals surface area (Å²) >= 11 is 3.41. The van der Waals surface area contributed by atoms with E-state index in [2.05, 4.69) is 15.9 Å². The van der Waals surface area contributed by atoms with Crippen LogP contribution in [0.25, 0.3) is 10.9 Å². The molecule has 2 aromatic carbocycles. The van der Waals surface area contributed by atoms with Gasteiger partial charge in [0.25, 0.3) is 10.0 Å². The van der Waals surface area contributed by atoms with Crippen molar-refractivity contribution in [3.63, 3.8) is 0 Å². The van der Waals surface area contributed by atoms with E-state index in [9.17, 15) is 8.42 Å². The fourth-order valence-electron chi connectivity index (χ4n) is 2.64. The minimum absolute atomic E-state index is 0. The Bertz CT molecular complexity index is 1010. The van der Waals surface area contributed by atoms with Gasteiger partial charge in [0.05, 0.1) is 22.0 Å². The number of nitrogens with zero attached hydrogens (tertiary/aromatic N) is 1. The molecular formula is C17H18BrClN2O3S. The number of aryl methyl sites for hydroxylation is 1. The molecule has 0 aliphatic rings. The van der Waals surface area contributed by atoms with E-state index in [-0.39, 0.29) is 23.8 Å². The van der Waals surface area contributed by atoms with Crippen LogP contribution in [0.5, 0.6) is 5.75 Å². The molecule has 0 saturated heterocycles. The Morgan fingerprint density at radius 1 is 1.16 bits per heavy atom. The van der Waals surface area contributed by atoms with E-state index < -0.39 is 10.0 Å². The minimum atomic E-state index is -3.74. The van der Waals surface area contributed by atoms with Crippen LogP contribution in [0.3, 0.4) is 0 Å². The third-order valence-corrected chi connectivity index (χ3v) is 6.27. The van der Waals surface area contributed by atoms with E-state index in [1.807, 2.05) is 6.92 Å². The maximum Gasteiger partial charge on any atom is 0.268 e. The van der Waals surface area contributed by atoms with Crippen molar-refractivity contribution in [2.75, 3.05) is 7.11 Å². The van der Waals surface area contributed by atoms with Gasteiger partial charge in [-0.05, 0) is 53.2 Å². The largest absolute Gasteiger partial charge is 0.496 e. The molecule has 0 radical (unpaired) electrons. The summed E-state index contributed by atoms with van der Waals surface area (Å²) in [7, 11) is -2.18. The van der Waals surface area contributed by atoms with Gasteiger partial charge < -0.3 is 10.5 Å². The van der Waals surface area contributed by atoms with Crippen molar-refractivity contribution in [1.29, 1.82) is 0 Å². The molecule has 0 amide bonds. The van der Waals surface area contributed by atoms with Gasteiger partial charge in [-0.2, -0.15) is 0 Å². The first-order valence-corrected chi connectivity index (χ1v) is 9.52. The van der Waals surface area contributed by atoms with Gasteiger partial charge in [0.1, 0.15) is 5.75 Å². The van der Waals surface area contributed by atoms with E-state index in [0.29, 0.717) is 21.4 Å². The third kappa shape index (κ3) is 3.42. The van der Waals surface area contributed by atoms with Crippen LogP contribution in [0.1, 0.15) is 11.3 Å². The molecule has 1 heterocycles. The second kappa shape index (κ2) is 7.37. The SMILES string of the molecule is COc1cc2cc(CN)n(S(=O)(=O)c3ccc(C)cc3)c2cc1Br.Cl. The zero-order valence-electron chi connectivity index (χ0n) is 13.7. The summed E-state index contributed by atoms with van der Waals surface area (Å²) in [4.78, 5) is 0.229. The molecule has 134 valence electrons. The average Bonchev–Trinajstić information content (AvgIpc) is 2.92. The van der Waals surface area contributed by atoms with Crippen LogP contribution in [-0.4, -0.2) is 19.5 Å². The van der Waals surface area contributed by atoms with E-state index in [4.69, 9.17) is 10.5 Å². The van der Waals surface area contributed by atoms with E-state index in [1.165, 1.54) is 3.97 Å². The summed E-state index contributed by atoms with van der Waals surface area (Å²) in [6.45, 7) is 2.02. The summed E-state index contributed by atoms with van der Waals surface area (Å²) in [5.74, 6) is 0.635. The van der Waals surface area contributed by atoms with Gasteiger partial charge in [-0.15, -0.1) is 12.4 Å². The number of ether oxygens (including phenoxy) is 1. The molecule has 0 atom stereocenters. The molecule has 0 aliphatic carbocycles. The van der Waals surface area contributed by atoms with Gasteiger partial charge in [-0.25, -0.2) is 12.4 Å². The molecule has 25 heavy (non-hydrogen) atoms. The third-order valence-electron chi connectivity index (χ3n) is 3.87. The Morgan fingerprint density at radius 2 is 1.80 bits per heavy atom. The lowest BCUT2D eigenvalue weighted by Crippen LogP contribution is -2.17. The summed E-state index contributed by atoms with van der Waals surface area (Å²) in [5, 5.41) is 0.756. The topological polar surface area (TPSA) is 74.3 Å². The molecule has 5 nitrogen and oxygen atoms in total. The first kappa shape index (κ1) is 19.8. The number of benzene rings is 2. The van der Waals surface area contributed by atoms with Crippen molar-refractivity contribution in [2.24, 2.45) is 5.73 Å². The van der Waals surface area contributed by atoms with Gasteiger partial charge in [-0.3, -0.25) is 0 Å². The Morgan fingerprint density at radius 3 is 2.36 bits per heavy atom. The minimum Gasteiger partial charge on any atom is -0.496 e. The molecule has 0 aliphatic heterocycles. The second-order valence-electron chi connectivity index (χ2n) is 5.47. The Kier molecular flexibility index (Phi) is 5.83. The molecule has 8 heteroatoms. The van der Waals surface area contributed by atoms with Crippen molar-refractivity contribution >= 4 is 49.3 Å². The summed E-state index contributed by atoms with van der Waals surface area (Å²) < 4.78 is 33.5. The van der Waals surface area contributed by atoms with Crippen molar-refractivity contribution in [2.45, 2.75) is 18.4 Å². The van der Waals surface area contributed by atoms with Crippen LogP contribution in [0, 0.1) is 6.92 Å². The fraction of sp³-hybridized carbons (Fsp3) is 0.176. The number of aromatic nitrogens is 1. The molecule has 0 saturated carbocycles. The fourth-order valence-corrected chi connectivity index (χ4v) is 4.68. The van der Waals surface area contributed by atoms with Crippen LogP contribution in [0.2, 0.25) is 0 Å². The Labute approximate surface area is 161 Å². The summed E-state index contributed by atoms with van der Waals surface area (Å²) in [6, 6.07) is 12.1. The van der Waals surface area contributed by atoms with Gasteiger partial charge in [0.2, 0.25) is 0 Å². The molecule has 0 fully saturated rings. The van der Waals surface area contributed by atoms with Gasteiger partial charge >= 0.3 is 0 Å². The normalized spacial score (nSPS) is 11.4. The molecular weight excluding hydrogens is 428 g/mol. The monoisotopic (exact) mass is 444 g/mol. The van der Waals surface area contributed by atoms with Gasteiger partial charge in [0.15, 0.2) is 0 Å². The second-order valence-corrected chi connectivity index (χ2v) is 8.11. The van der Waals surface area contributed by atoms with E-state index in [0.717, 1.165) is 10.9 Å². The van der Waals surface area contributed by atoms with Crippen molar-refractivity contribution in [3.05, 3.63) is 58.2 Å². The Balaban J connectivity index is 0.00000225. The highest BCUT2D eigenvalue weighted by molar-refractivity contribution is 9.10. The number of hydrogen-bond acceptors (Lipinski definition) is 4. The van der Waals surface area contributed by atoms with E-state index >= 15 is 0 Å². The molecule has 3 aromatic rings. The predicted octanol–water partition coefficient (Wildman–Crippen LogP) is 3.84. The van der Waals surface area contributed by atoms with Gasteiger partial charge in [-0.1, -0.05) is 17.7 Å². The van der Waals surface area contributed by atoms with Crippen molar-refractivity contribution in [1.82, 2.24) is 3.97 Å². The zero-order valence-corrected chi connectivity index (χ0v) is 16.9. The molecule has 3 rings (SSSR count). The lowest BCUT2D eigenvalue weighted by atomic mass is 10.2. The smallest absolute Gasteiger partial charge is 0.268 e. The number of rotatable bonds is 4. The lowest BCUT2D eigenvalue weighted by molar-refractivity contribution is 0.413. The highest BCUT2D eigenvalue weighted by Gasteiger charge is 2.23. The maximum absolute atomic E-state index is 13.1. The number of methoxy groups -OCH3 is 1. The highest BCUT2D eigenvalue weighted by atomic mass is 79.9. The first-order chi connectivity index (χ1) is 11.4. The van der Waals surface area contributed by atoms with Crippen LogP contribution in [0.15, 0.2) is 51.8 Å². The van der Waals surface area contributed by atoms with Crippen LogP contribution >= 0.6 is 28.3 Å². The molecule has 1 aromatic heterocycles. The number of fused-ring (bicyclic) bond motifs is 1. The average molecular weight is 446 g/mol. The maximum atomic E-state index is 13.1. The zero-order chi connectivity index (χ0) is 17.5. The molecule has 0 unspecified atom stereocenters. The number of hydrogen-bond donors (Lipinski definition) is 1. The van der Waals surface area contributed by atoms with Crippen LogP contribution < -0.4 is 10.5 Å². The van der Waals surface area contributed by atoms with Crippen LogP contribution in [0.4, 0.5) is 0 Å². The molecule has 2 N–H and O–H groups in total. The number of halogens is 2. The quantitative estimate of drug-likeness (QED) is 0.662. The predicted molar refractivity (Wildman–Crippen MR) is 105 cm³/mol. The highest BCUT2D eigenvalue weighted by Crippen LogP contribution is 2.34. The summed E-state index contributed by atoms with van der Waals surface area (Å²) in [6.07, 6.45) is 0.